The summed E-state index contributed by atoms with van der Waals surface area (Å²) < 4.78 is 0. The number of nitrogens with two attached hydrogens (primary N) is 1. The third kappa shape index (κ3) is 2.00. The molecule has 1 aliphatic carbocycles. The molecule has 3 N–H and O–H groups in total. The maximum absolute atomic E-state index is 12.6. The average Bonchev–Trinajstić information content (AvgIpc) is 3.02. The molecule has 0 radical (unpaired) electrons. The maximum Gasteiger partial charge on any atom is 0.312 e. The Balaban J connectivity index is 1.90. The molecule has 104 valence electrons. The minimum Gasteiger partial charge on any atom is -0.481 e. The molecule has 0 saturated carbocycles. The van der Waals surface area contributed by atoms with E-state index in [2.05, 4.69) is 0 Å². The summed E-state index contributed by atoms with van der Waals surface area (Å²) in [4.78, 5) is 25.5. The lowest BCUT2D eigenvalue weighted by atomic mass is 10.0. The summed E-state index contributed by atoms with van der Waals surface area (Å²) in [6.07, 6.45) is 4.25. The number of carboxylic acids is 1. The van der Waals surface area contributed by atoms with Crippen LogP contribution in [0.3, 0.4) is 0 Å². The van der Waals surface area contributed by atoms with Crippen molar-refractivity contribution in [1.29, 1.82) is 0 Å². The lowest BCUT2D eigenvalue weighted by Crippen LogP contribution is -2.36. The van der Waals surface area contributed by atoms with Gasteiger partial charge < -0.3 is 15.7 Å². The first-order valence-corrected chi connectivity index (χ1v) is 6.65. The highest BCUT2D eigenvalue weighted by Crippen LogP contribution is 2.37. The molecule has 0 spiro atoms. The fraction of sp³-hybridized carbons (Fsp3) is 0.333. The van der Waals surface area contributed by atoms with Crippen LogP contribution < -0.4 is 10.6 Å². The number of carbonyl (C=O) groups excluding carboxylic acids is 1. The molecule has 0 fully saturated rings. The van der Waals surface area contributed by atoms with Crippen molar-refractivity contribution in [3.05, 3.63) is 42.0 Å². The molecule has 1 aliphatic heterocycles. The van der Waals surface area contributed by atoms with E-state index >= 15 is 0 Å². The molecule has 0 bridgehead atoms. The molecule has 0 aromatic heterocycles. The van der Waals surface area contributed by atoms with Crippen LogP contribution in [0.1, 0.15) is 17.9 Å². The lowest BCUT2D eigenvalue weighted by Gasteiger charge is -2.21. The van der Waals surface area contributed by atoms with Crippen molar-refractivity contribution in [1.82, 2.24) is 0 Å². The van der Waals surface area contributed by atoms with Crippen molar-refractivity contribution in [3.8, 4) is 0 Å². The summed E-state index contributed by atoms with van der Waals surface area (Å²) in [7, 11) is 0. The molecule has 5 nitrogen and oxygen atoms in total. The second-order valence-corrected chi connectivity index (χ2v) is 5.29. The Labute approximate surface area is 116 Å². The number of amides is 1. The van der Waals surface area contributed by atoms with Crippen molar-refractivity contribution < 1.29 is 14.7 Å². The second-order valence-electron chi connectivity index (χ2n) is 5.29. The SMILES string of the molecule is NC1C=CC(C(=O)N2CC(C(=O)O)c3ccccc32)C1. The summed E-state index contributed by atoms with van der Waals surface area (Å²) in [5, 5.41) is 9.30. The standard InChI is InChI=1S/C15H16N2O3/c16-10-6-5-9(7-10)14(18)17-8-12(15(19)20)11-3-1-2-4-13(11)17/h1-6,9-10,12H,7-8,16H2,(H,19,20). The van der Waals surface area contributed by atoms with Crippen molar-refractivity contribution >= 4 is 17.6 Å². The summed E-state index contributed by atoms with van der Waals surface area (Å²) in [6.45, 7) is 0.201. The van der Waals surface area contributed by atoms with E-state index < -0.39 is 11.9 Å². The first-order valence-electron chi connectivity index (χ1n) is 6.65. The van der Waals surface area contributed by atoms with Gasteiger partial charge in [-0.3, -0.25) is 9.59 Å². The molecular formula is C15H16N2O3. The molecule has 1 heterocycles. The second kappa shape index (κ2) is 4.76. The first kappa shape index (κ1) is 12.9. The van der Waals surface area contributed by atoms with Crippen molar-refractivity contribution in [3.63, 3.8) is 0 Å². The monoisotopic (exact) mass is 272 g/mol. The normalized spacial score (nSPS) is 27.6. The van der Waals surface area contributed by atoms with Crippen molar-refractivity contribution in [2.75, 3.05) is 11.4 Å². The minimum atomic E-state index is -0.897. The van der Waals surface area contributed by atoms with Crippen molar-refractivity contribution in [2.45, 2.75) is 18.4 Å². The maximum atomic E-state index is 12.6. The van der Waals surface area contributed by atoms with Crippen LogP contribution in [0, 0.1) is 5.92 Å². The van der Waals surface area contributed by atoms with Gasteiger partial charge in [0.2, 0.25) is 5.91 Å². The number of carbonyl (C=O) groups is 2. The summed E-state index contributed by atoms with van der Waals surface area (Å²) in [5.41, 5.74) is 7.20. The van der Waals surface area contributed by atoms with Crippen LogP contribution in [0.2, 0.25) is 0 Å². The fourth-order valence-corrected chi connectivity index (χ4v) is 2.94. The van der Waals surface area contributed by atoms with E-state index in [9.17, 15) is 14.7 Å². The fourth-order valence-electron chi connectivity index (χ4n) is 2.94. The number of aliphatic carboxylic acids is 1. The van der Waals surface area contributed by atoms with Gasteiger partial charge in [-0.05, 0) is 18.1 Å². The van der Waals surface area contributed by atoms with E-state index in [4.69, 9.17) is 5.73 Å². The molecule has 1 aromatic carbocycles. The molecule has 2 aliphatic rings. The smallest absolute Gasteiger partial charge is 0.312 e. The van der Waals surface area contributed by atoms with E-state index in [1.165, 1.54) is 0 Å². The van der Waals surface area contributed by atoms with Crippen LogP contribution in [0.5, 0.6) is 0 Å². The predicted octanol–water partition coefficient (Wildman–Crippen LogP) is 1.10. The molecule has 1 amide bonds. The zero-order valence-corrected chi connectivity index (χ0v) is 10.9. The molecule has 0 saturated heterocycles. The van der Waals surface area contributed by atoms with Gasteiger partial charge in [-0.15, -0.1) is 0 Å². The molecule has 3 unspecified atom stereocenters. The van der Waals surface area contributed by atoms with Gasteiger partial charge in [-0.25, -0.2) is 0 Å². The van der Waals surface area contributed by atoms with Crippen LogP contribution in [0.4, 0.5) is 5.69 Å². The van der Waals surface area contributed by atoms with E-state index in [0.29, 0.717) is 17.7 Å². The summed E-state index contributed by atoms with van der Waals surface area (Å²) in [6, 6.07) is 7.11. The number of fused-ring (bicyclic) bond motifs is 1. The summed E-state index contributed by atoms with van der Waals surface area (Å²) in [5.74, 6) is -1.85. The first-order chi connectivity index (χ1) is 9.58. The topological polar surface area (TPSA) is 83.6 Å². The Morgan fingerprint density at radius 2 is 2.00 bits per heavy atom. The highest BCUT2D eigenvalue weighted by molar-refractivity contribution is 6.01. The Hall–Kier alpha value is -2.14. The van der Waals surface area contributed by atoms with E-state index in [1.807, 2.05) is 18.2 Å². The van der Waals surface area contributed by atoms with Gasteiger partial charge in [-0.1, -0.05) is 30.4 Å². The van der Waals surface area contributed by atoms with E-state index in [0.717, 1.165) is 0 Å². The number of para-hydroxylation sites is 1. The minimum absolute atomic E-state index is 0.0644. The van der Waals surface area contributed by atoms with Gasteiger partial charge in [-0.2, -0.15) is 0 Å². The Bertz CT molecular complexity index is 597. The third-order valence-electron chi connectivity index (χ3n) is 3.97. The molecule has 5 heteroatoms. The van der Waals surface area contributed by atoms with Crippen molar-refractivity contribution in [2.24, 2.45) is 11.7 Å². The van der Waals surface area contributed by atoms with Crippen LogP contribution in [0.15, 0.2) is 36.4 Å². The van der Waals surface area contributed by atoms with Gasteiger partial charge in [0.05, 0.1) is 5.92 Å². The predicted molar refractivity (Wildman–Crippen MR) is 74.4 cm³/mol. The quantitative estimate of drug-likeness (QED) is 0.790. The summed E-state index contributed by atoms with van der Waals surface area (Å²) >= 11 is 0. The Morgan fingerprint density at radius 1 is 1.25 bits per heavy atom. The highest BCUT2D eigenvalue weighted by atomic mass is 16.4. The average molecular weight is 272 g/mol. The molecule has 1 aromatic rings. The Kier molecular flexibility index (Phi) is 3.06. The van der Waals surface area contributed by atoms with Gasteiger partial charge in [0, 0.05) is 18.3 Å². The molecule has 20 heavy (non-hydrogen) atoms. The van der Waals surface area contributed by atoms with E-state index in [1.54, 1.807) is 23.1 Å². The number of anilines is 1. The van der Waals surface area contributed by atoms with Gasteiger partial charge in [0.15, 0.2) is 0 Å². The van der Waals surface area contributed by atoms with Crippen LogP contribution in [-0.2, 0) is 9.59 Å². The van der Waals surface area contributed by atoms with Crippen LogP contribution in [-0.4, -0.2) is 29.6 Å². The largest absolute Gasteiger partial charge is 0.481 e. The molecule has 3 rings (SSSR count). The Morgan fingerprint density at radius 3 is 2.65 bits per heavy atom. The number of hydrogen-bond acceptors (Lipinski definition) is 3. The number of carboxylic acid groups (broad SMARTS) is 1. The number of nitrogens with zero attached hydrogens (tertiary/aromatic N) is 1. The zero-order chi connectivity index (χ0) is 14.3. The molecular weight excluding hydrogens is 256 g/mol. The van der Waals surface area contributed by atoms with Crippen LogP contribution >= 0.6 is 0 Å². The highest BCUT2D eigenvalue weighted by Gasteiger charge is 2.38. The third-order valence-corrected chi connectivity index (χ3v) is 3.97. The molecule has 3 atom stereocenters. The number of benzene rings is 1. The van der Waals surface area contributed by atoms with Gasteiger partial charge in [0.25, 0.3) is 0 Å². The van der Waals surface area contributed by atoms with Gasteiger partial charge >= 0.3 is 5.97 Å². The number of hydrogen-bond donors (Lipinski definition) is 2. The number of rotatable bonds is 2. The van der Waals surface area contributed by atoms with Gasteiger partial charge in [0.1, 0.15) is 5.92 Å². The zero-order valence-electron chi connectivity index (χ0n) is 10.9. The van der Waals surface area contributed by atoms with Crippen LogP contribution in [0.25, 0.3) is 0 Å². The lowest BCUT2D eigenvalue weighted by molar-refractivity contribution is -0.138. The van der Waals surface area contributed by atoms with E-state index in [-0.39, 0.29) is 24.4 Å².